The van der Waals surface area contributed by atoms with Crippen molar-refractivity contribution in [3.05, 3.63) is 35.4 Å². The van der Waals surface area contributed by atoms with E-state index >= 15 is 0 Å². The molecule has 0 atom stereocenters. The zero-order valence-electron chi connectivity index (χ0n) is 12.2. The number of benzene rings is 1. The Morgan fingerprint density at radius 2 is 1.90 bits per heavy atom. The van der Waals surface area contributed by atoms with Gasteiger partial charge in [-0.3, -0.25) is 9.59 Å². The molecule has 1 saturated heterocycles. The Bertz CT molecular complexity index is 491. The summed E-state index contributed by atoms with van der Waals surface area (Å²) in [5.74, 6) is 0.254. The van der Waals surface area contributed by atoms with Crippen molar-refractivity contribution in [2.24, 2.45) is 5.92 Å². The van der Waals surface area contributed by atoms with Crippen LogP contribution in [-0.4, -0.2) is 36.3 Å². The lowest BCUT2D eigenvalue weighted by molar-refractivity contribution is -0.126. The molecule has 1 aromatic carbocycles. The maximum absolute atomic E-state index is 12.4. The van der Waals surface area contributed by atoms with Crippen LogP contribution in [0.2, 0.25) is 0 Å². The summed E-state index contributed by atoms with van der Waals surface area (Å²) in [4.78, 5) is 26.1. The summed E-state index contributed by atoms with van der Waals surface area (Å²) in [6.45, 7) is 5.87. The van der Waals surface area contributed by atoms with Crippen molar-refractivity contribution in [2.75, 3.05) is 19.6 Å². The second kappa shape index (κ2) is 6.55. The number of aryl methyl sites for hydroxylation is 1. The lowest BCUT2D eigenvalue weighted by atomic mass is 9.95. The molecule has 1 heterocycles. The van der Waals surface area contributed by atoms with E-state index in [-0.39, 0.29) is 17.7 Å². The molecule has 2 rings (SSSR count). The summed E-state index contributed by atoms with van der Waals surface area (Å²) in [7, 11) is 0. The predicted octanol–water partition coefficient (Wildman–Crippen LogP) is 1.98. The number of hydrogen-bond acceptors (Lipinski definition) is 2. The zero-order chi connectivity index (χ0) is 14.5. The normalized spacial score (nSPS) is 16.0. The van der Waals surface area contributed by atoms with E-state index in [1.165, 1.54) is 0 Å². The van der Waals surface area contributed by atoms with Gasteiger partial charge < -0.3 is 10.2 Å². The average molecular weight is 274 g/mol. The van der Waals surface area contributed by atoms with Gasteiger partial charge in [0.25, 0.3) is 5.91 Å². The minimum absolute atomic E-state index is 0.0517. The summed E-state index contributed by atoms with van der Waals surface area (Å²) in [6.07, 6.45) is 1.51. The molecule has 0 spiro atoms. The Kier molecular flexibility index (Phi) is 4.77. The van der Waals surface area contributed by atoms with Crippen molar-refractivity contribution in [1.82, 2.24) is 10.2 Å². The summed E-state index contributed by atoms with van der Waals surface area (Å²) in [5.41, 5.74) is 1.77. The molecule has 0 unspecified atom stereocenters. The molecule has 0 radical (unpaired) electrons. The standard InChI is InChI=1S/C16H22N2O2/c1-3-17-15(19)13-8-10-18(11-9-13)16(20)14-7-5-4-6-12(14)2/h4-7,13H,3,8-11H2,1-2H3,(H,17,19). The highest BCUT2D eigenvalue weighted by atomic mass is 16.2. The van der Waals surface area contributed by atoms with Gasteiger partial charge in [-0.2, -0.15) is 0 Å². The molecule has 1 aromatic rings. The summed E-state index contributed by atoms with van der Waals surface area (Å²) >= 11 is 0. The first kappa shape index (κ1) is 14.6. The van der Waals surface area contributed by atoms with Crippen LogP contribution in [0.3, 0.4) is 0 Å². The maximum Gasteiger partial charge on any atom is 0.254 e. The van der Waals surface area contributed by atoms with Gasteiger partial charge in [0, 0.05) is 31.1 Å². The number of nitrogens with zero attached hydrogens (tertiary/aromatic N) is 1. The Balaban J connectivity index is 1.96. The van der Waals surface area contributed by atoms with Gasteiger partial charge in [-0.1, -0.05) is 18.2 Å². The zero-order valence-corrected chi connectivity index (χ0v) is 12.2. The van der Waals surface area contributed by atoms with Crippen molar-refractivity contribution in [2.45, 2.75) is 26.7 Å². The van der Waals surface area contributed by atoms with E-state index in [1.807, 2.05) is 43.0 Å². The van der Waals surface area contributed by atoms with E-state index in [1.54, 1.807) is 0 Å². The van der Waals surface area contributed by atoms with E-state index < -0.39 is 0 Å². The van der Waals surface area contributed by atoms with Crippen molar-refractivity contribution >= 4 is 11.8 Å². The number of hydrogen-bond donors (Lipinski definition) is 1. The van der Waals surface area contributed by atoms with Crippen LogP contribution >= 0.6 is 0 Å². The van der Waals surface area contributed by atoms with Crippen LogP contribution in [0.4, 0.5) is 0 Å². The van der Waals surface area contributed by atoms with Crippen molar-refractivity contribution in [3.63, 3.8) is 0 Å². The Morgan fingerprint density at radius 3 is 2.50 bits per heavy atom. The third-order valence-electron chi connectivity index (χ3n) is 3.88. The molecule has 1 fully saturated rings. The van der Waals surface area contributed by atoms with Gasteiger partial charge in [0.05, 0.1) is 0 Å². The molecule has 1 aliphatic rings. The third-order valence-corrected chi connectivity index (χ3v) is 3.88. The molecule has 0 aromatic heterocycles. The first-order valence-corrected chi connectivity index (χ1v) is 7.26. The van der Waals surface area contributed by atoms with Crippen LogP contribution < -0.4 is 5.32 Å². The fourth-order valence-electron chi connectivity index (χ4n) is 2.65. The van der Waals surface area contributed by atoms with Gasteiger partial charge in [-0.25, -0.2) is 0 Å². The molecule has 0 aliphatic carbocycles. The lowest BCUT2D eigenvalue weighted by Gasteiger charge is -2.31. The van der Waals surface area contributed by atoms with Crippen molar-refractivity contribution < 1.29 is 9.59 Å². The largest absolute Gasteiger partial charge is 0.356 e. The number of rotatable bonds is 3. The topological polar surface area (TPSA) is 49.4 Å². The lowest BCUT2D eigenvalue weighted by Crippen LogP contribution is -2.43. The molecule has 4 nitrogen and oxygen atoms in total. The van der Waals surface area contributed by atoms with E-state index in [4.69, 9.17) is 0 Å². The fraction of sp³-hybridized carbons (Fsp3) is 0.500. The summed E-state index contributed by atoms with van der Waals surface area (Å²) < 4.78 is 0. The molecular weight excluding hydrogens is 252 g/mol. The smallest absolute Gasteiger partial charge is 0.254 e. The number of carbonyl (C=O) groups is 2. The van der Waals surface area contributed by atoms with Gasteiger partial charge >= 0.3 is 0 Å². The predicted molar refractivity (Wildman–Crippen MR) is 78.5 cm³/mol. The number of likely N-dealkylation sites (tertiary alicyclic amines) is 1. The molecular formula is C16H22N2O2. The minimum atomic E-state index is 0.0517. The fourth-order valence-corrected chi connectivity index (χ4v) is 2.65. The monoisotopic (exact) mass is 274 g/mol. The Hall–Kier alpha value is -1.84. The molecule has 1 aliphatic heterocycles. The van der Waals surface area contributed by atoms with E-state index in [0.29, 0.717) is 19.6 Å². The number of piperidine rings is 1. The molecule has 0 saturated carbocycles. The second-order valence-corrected chi connectivity index (χ2v) is 5.28. The van der Waals surface area contributed by atoms with Gasteiger partial charge in [-0.15, -0.1) is 0 Å². The van der Waals surface area contributed by atoms with Gasteiger partial charge in [-0.05, 0) is 38.3 Å². The highest BCUT2D eigenvalue weighted by Gasteiger charge is 2.27. The Labute approximate surface area is 120 Å². The first-order chi connectivity index (χ1) is 9.63. The van der Waals surface area contributed by atoms with Gasteiger partial charge in [0.1, 0.15) is 0 Å². The quantitative estimate of drug-likeness (QED) is 0.916. The van der Waals surface area contributed by atoms with Crippen LogP contribution in [0.25, 0.3) is 0 Å². The number of carbonyl (C=O) groups excluding carboxylic acids is 2. The molecule has 2 amide bonds. The second-order valence-electron chi connectivity index (χ2n) is 5.28. The third kappa shape index (κ3) is 3.18. The van der Waals surface area contributed by atoms with E-state index in [9.17, 15) is 9.59 Å². The minimum Gasteiger partial charge on any atom is -0.356 e. The number of amides is 2. The van der Waals surface area contributed by atoms with Crippen LogP contribution in [0.1, 0.15) is 35.7 Å². The maximum atomic E-state index is 12.4. The number of nitrogens with one attached hydrogen (secondary N) is 1. The highest BCUT2D eigenvalue weighted by molar-refractivity contribution is 5.95. The molecule has 4 heteroatoms. The van der Waals surface area contributed by atoms with Crippen LogP contribution in [-0.2, 0) is 4.79 Å². The SMILES string of the molecule is CCNC(=O)C1CCN(C(=O)c2ccccc2C)CC1. The molecule has 20 heavy (non-hydrogen) atoms. The molecule has 108 valence electrons. The average Bonchev–Trinajstić information content (AvgIpc) is 2.47. The van der Waals surface area contributed by atoms with Crippen LogP contribution in [0, 0.1) is 12.8 Å². The van der Waals surface area contributed by atoms with Gasteiger partial charge in [0.15, 0.2) is 0 Å². The van der Waals surface area contributed by atoms with Crippen LogP contribution in [0.15, 0.2) is 24.3 Å². The summed E-state index contributed by atoms with van der Waals surface area (Å²) in [6, 6.07) is 7.65. The Morgan fingerprint density at radius 1 is 1.25 bits per heavy atom. The van der Waals surface area contributed by atoms with Gasteiger partial charge in [0.2, 0.25) is 5.91 Å². The van der Waals surface area contributed by atoms with Crippen molar-refractivity contribution in [3.8, 4) is 0 Å². The highest BCUT2D eigenvalue weighted by Crippen LogP contribution is 2.20. The molecule has 1 N–H and O–H groups in total. The molecule has 0 bridgehead atoms. The van der Waals surface area contributed by atoms with Crippen molar-refractivity contribution in [1.29, 1.82) is 0 Å². The van der Waals surface area contributed by atoms with Crippen LogP contribution in [0.5, 0.6) is 0 Å². The van der Waals surface area contributed by atoms with E-state index in [0.717, 1.165) is 24.0 Å². The first-order valence-electron chi connectivity index (χ1n) is 7.26. The van der Waals surface area contributed by atoms with E-state index in [2.05, 4.69) is 5.32 Å². The summed E-state index contributed by atoms with van der Waals surface area (Å²) in [5, 5.41) is 2.86.